The first-order valence-electron chi connectivity index (χ1n) is 5.76. The number of hydrogen-bond acceptors (Lipinski definition) is 4. The minimum atomic E-state index is -3.63. The number of aryl methyl sites for hydroxylation is 1. The van der Waals surface area contributed by atoms with Crippen molar-refractivity contribution in [3.8, 4) is 0 Å². The summed E-state index contributed by atoms with van der Waals surface area (Å²) in [5, 5.41) is 0. The molecule has 0 aliphatic rings. The third kappa shape index (κ3) is 3.21. The second-order valence-corrected chi connectivity index (χ2v) is 6.38. The summed E-state index contributed by atoms with van der Waals surface area (Å²) in [7, 11) is -1.83. The van der Waals surface area contributed by atoms with Crippen LogP contribution in [0.2, 0.25) is 0 Å². The van der Waals surface area contributed by atoms with E-state index in [0.29, 0.717) is 11.4 Å². The van der Waals surface area contributed by atoms with Gasteiger partial charge in [-0.2, -0.15) is 0 Å². The number of thiocarbonyl (C=S) groups is 1. The standard InChI is InChI=1S/C12H14N4O2S2/c1-16-6-5-14-11(16)8-15-20(17,18)10-4-2-3-9(7-10)12(13)19/h2-7,15H,8H2,1H3,(H2,13,19). The van der Waals surface area contributed by atoms with Gasteiger partial charge >= 0.3 is 0 Å². The summed E-state index contributed by atoms with van der Waals surface area (Å²) < 4.78 is 28.6. The molecule has 0 saturated heterocycles. The van der Waals surface area contributed by atoms with Crippen molar-refractivity contribution in [2.24, 2.45) is 12.8 Å². The fourth-order valence-electron chi connectivity index (χ4n) is 1.63. The minimum absolute atomic E-state index is 0.114. The SMILES string of the molecule is Cn1ccnc1CNS(=O)(=O)c1cccc(C(N)=S)c1. The molecule has 0 radical (unpaired) electrons. The predicted molar refractivity (Wildman–Crippen MR) is 79.6 cm³/mol. The summed E-state index contributed by atoms with van der Waals surface area (Å²) in [6.45, 7) is 0.114. The van der Waals surface area contributed by atoms with Crippen LogP contribution in [0, 0.1) is 0 Å². The lowest BCUT2D eigenvalue weighted by atomic mass is 10.2. The highest BCUT2D eigenvalue weighted by Crippen LogP contribution is 2.12. The van der Waals surface area contributed by atoms with Gasteiger partial charge in [-0.25, -0.2) is 18.1 Å². The van der Waals surface area contributed by atoms with Gasteiger partial charge < -0.3 is 10.3 Å². The van der Waals surface area contributed by atoms with Gasteiger partial charge in [0.2, 0.25) is 10.0 Å². The average Bonchev–Trinajstić information content (AvgIpc) is 2.82. The largest absolute Gasteiger partial charge is 0.389 e. The summed E-state index contributed by atoms with van der Waals surface area (Å²) >= 11 is 4.84. The molecule has 0 amide bonds. The Kier molecular flexibility index (Phi) is 4.17. The summed E-state index contributed by atoms with van der Waals surface area (Å²) in [4.78, 5) is 4.33. The van der Waals surface area contributed by atoms with Crippen molar-refractivity contribution in [3.05, 3.63) is 48.0 Å². The van der Waals surface area contributed by atoms with Gasteiger partial charge in [-0.1, -0.05) is 24.4 Å². The highest BCUT2D eigenvalue weighted by atomic mass is 32.2. The summed E-state index contributed by atoms with van der Waals surface area (Å²) in [6.07, 6.45) is 3.36. The van der Waals surface area contributed by atoms with Gasteiger partial charge in [-0.3, -0.25) is 0 Å². The van der Waals surface area contributed by atoms with Crippen molar-refractivity contribution in [3.63, 3.8) is 0 Å². The molecule has 1 heterocycles. The molecule has 6 nitrogen and oxygen atoms in total. The van der Waals surface area contributed by atoms with Gasteiger partial charge in [-0.15, -0.1) is 0 Å². The molecule has 20 heavy (non-hydrogen) atoms. The zero-order chi connectivity index (χ0) is 14.8. The highest BCUT2D eigenvalue weighted by molar-refractivity contribution is 7.89. The quantitative estimate of drug-likeness (QED) is 0.786. The van der Waals surface area contributed by atoms with Gasteiger partial charge in [0.1, 0.15) is 10.8 Å². The molecule has 0 aliphatic carbocycles. The Morgan fingerprint density at radius 1 is 1.50 bits per heavy atom. The summed E-state index contributed by atoms with van der Waals surface area (Å²) in [5.41, 5.74) is 6.01. The normalized spacial score (nSPS) is 11.4. The number of nitrogens with two attached hydrogens (primary N) is 1. The highest BCUT2D eigenvalue weighted by Gasteiger charge is 2.15. The number of nitrogens with one attached hydrogen (secondary N) is 1. The lowest BCUT2D eigenvalue weighted by molar-refractivity contribution is 0.577. The van der Waals surface area contributed by atoms with Crippen LogP contribution in [0.1, 0.15) is 11.4 Å². The fraction of sp³-hybridized carbons (Fsp3) is 0.167. The zero-order valence-electron chi connectivity index (χ0n) is 10.8. The van der Waals surface area contributed by atoms with Crippen LogP contribution >= 0.6 is 12.2 Å². The Hall–Kier alpha value is -1.77. The molecule has 2 rings (SSSR count). The van der Waals surface area contributed by atoms with E-state index in [9.17, 15) is 8.42 Å². The lowest BCUT2D eigenvalue weighted by Crippen LogP contribution is -2.25. The maximum atomic E-state index is 12.2. The van der Waals surface area contributed by atoms with E-state index in [1.807, 2.05) is 0 Å². The van der Waals surface area contributed by atoms with Crippen LogP contribution in [0.25, 0.3) is 0 Å². The zero-order valence-corrected chi connectivity index (χ0v) is 12.4. The first-order valence-corrected chi connectivity index (χ1v) is 7.65. The first kappa shape index (κ1) is 14.6. The third-order valence-electron chi connectivity index (χ3n) is 2.77. The Morgan fingerprint density at radius 2 is 2.25 bits per heavy atom. The molecular weight excluding hydrogens is 296 g/mol. The maximum Gasteiger partial charge on any atom is 0.240 e. The number of nitrogens with zero attached hydrogens (tertiary/aromatic N) is 2. The molecule has 0 unspecified atom stereocenters. The van der Waals surface area contributed by atoms with Crippen molar-refractivity contribution in [1.82, 2.24) is 14.3 Å². The van der Waals surface area contributed by atoms with Crippen molar-refractivity contribution < 1.29 is 8.42 Å². The number of hydrogen-bond donors (Lipinski definition) is 2. The van der Waals surface area contributed by atoms with Crippen LogP contribution < -0.4 is 10.5 Å². The first-order chi connectivity index (χ1) is 9.40. The molecule has 0 fully saturated rings. The molecule has 0 atom stereocenters. The number of rotatable bonds is 5. The second-order valence-electron chi connectivity index (χ2n) is 4.17. The van der Waals surface area contributed by atoms with Gasteiger partial charge in [0.15, 0.2) is 0 Å². The number of aromatic nitrogens is 2. The van der Waals surface area contributed by atoms with Crippen LogP contribution in [-0.4, -0.2) is 23.0 Å². The van der Waals surface area contributed by atoms with Crippen LogP contribution in [0.4, 0.5) is 0 Å². The molecule has 0 aliphatic heterocycles. The Labute approximate surface area is 122 Å². The van der Waals surface area contributed by atoms with E-state index in [0.717, 1.165) is 0 Å². The predicted octanol–water partition coefficient (Wildman–Crippen LogP) is 0.533. The third-order valence-corrected chi connectivity index (χ3v) is 4.40. The second kappa shape index (κ2) is 5.70. The van der Waals surface area contributed by atoms with Crippen LogP contribution in [-0.2, 0) is 23.6 Å². The van der Waals surface area contributed by atoms with Crippen LogP contribution in [0.5, 0.6) is 0 Å². The molecule has 106 valence electrons. The van der Waals surface area contributed by atoms with Crippen molar-refractivity contribution in [2.45, 2.75) is 11.4 Å². The Bertz CT molecular complexity index is 737. The summed E-state index contributed by atoms with van der Waals surface area (Å²) in [6, 6.07) is 6.20. The molecule has 0 saturated carbocycles. The van der Waals surface area contributed by atoms with Crippen LogP contribution in [0.3, 0.4) is 0 Å². The van der Waals surface area contributed by atoms with Crippen LogP contribution in [0.15, 0.2) is 41.6 Å². The Balaban J connectivity index is 2.20. The van der Waals surface area contributed by atoms with E-state index in [1.54, 1.807) is 36.1 Å². The summed E-state index contributed by atoms with van der Waals surface area (Å²) in [5.74, 6) is 0.624. The van der Waals surface area contributed by atoms with Crippen molar-refractivity contribution in [2.75, 3.05) is 0 Å². The lowest BCUT2D eigenvalue weighted by Gasteiger charge is -2.08. The smallest absolute Gasteiger partial charge is 0.240 e. The van der Waals surface area contributed by atoms with E-state index in [4.69, 9.17) is 18.0 Å². The topological polar surface area (TPSA) is 90.0 Å². The molecule has 3 N–H and O–H groups in total. The van der Waals surface area contributed by atoms with E-state index < -0.39 is 10.0 Å². The van der Waals surface area contributed by atoms with E-state index in [-0.39, 0.29) is 16.4 Å². The monoisotopic (exact) mass is 310 g/mol. The molecule has 8 heteroatoms. The number of imidazole rings is 1. The molecule has 1 aromatic heterocycles. The van der Waals surface area contributed by atoms with Crippen molar-refractivity contribution >= 4 is 27.2 Å². The molecular formula is C12H14N4O2S2. The number of sulfonamides is 1. The average molecular weight is 310 g/mol. The molecule has 0 bridgehead atoms. The van der Waals surface area contributed by atoms with E-state index in [2.05, 4.69) is 9.71 Å². The maximum absolute atomic E-state index is 12.2. The molecule has 2 aromatic rings. The minimum Gasteiger partial charge on any atom is -0.389 e. The van der Waals surface area contributed by atoms with Crippen molar-refractivity contribution in [1.29, 1.82) is 0 Å². The van der Waals surface area contributed by atoms with E-state index >= 15 is 0 Å². The fourth-order valence-corrected chi connectivity index (χ4v) is 2.78. The number of benzene rings is 1. The molecule has 0 spiro atoms. The van der Waals surface area contributed by atoms with Gasteiger partial charge in [0, 0.05) is 25.0 Å². The van der Waals surface area contributed by atoms with E-state index in [1.165, 1.54) is 12.1 Å². The molecule has 1 aromatic carbocycles. The van der Waals surface area contributed by atoms with Gasteiger partial charge in [-0.05, 0) is 12.1 Å². The van der Waals surface area contributed by atoms with Gasteiger partial charge in [0.05, 0.1) is 11.4 Å². The Morgan fingerprint density at radius 3 is 2.85 bits per heavy atom. The van der Waals surface area contributed by atoms with Gasteiger partial charge in [0.25, 0.3) is 0 Å².